The van der Waals surface area contributed by atoms with Gasteiger partial charge < -0.3 is 14.8 Å². The first-order valence-electron chi connectivity index (χ1n) is 6.53. The van der Waals surface area contributed by atoms with Gasteiger partial charge in [0.1, 0.15) is 0 Å². The molecule has 0 bridgehead atoms. The molecule has 1 aromatic heterocycles. The zero-order valence-corrected chi connectivity index (χ0v) is 11.2. The van der Waals surface area contributed by atoms with Gasteiger partial charge in [-0.2, -0.15) is 4.98 Å². The molecule has 0 aliphatic carbocycles. The molecule has 0 saturated carbocycles. The van der Waals surface area contributed by atoms with Gasteiger partial charge in [0.25, 0.3) is 0 Å². The molecule has 1 N–H and O–H groups in total. The Labute approximate surface area is 108 Å². The Morgan fingerprint density at radius 1 is 1.44 bits per heavy atom. The minimum absolute atomic E-state index is 0.114. The Kier molecular flexibility index (Phi) is 4.36. The number of nitrogens with zero attached hydrogens (tertiary/aromatic N) is 2. The monoisotopic (exact) mass is 251 g/mol. The van der Waals surface area contributed by atoms with Crippen molar-refractivity contribution >= 4 is 5.95 Å². The lowest BCUT2D eigenvalue weighted by atomic mass is 10.1. The lowest BCUT2D eigenvalue weighted by molar-refractivity contribution is 0.0994. The van der Waals surface area contributed by atoms with Gasteiger partial charge in [-0.15, -0.1) is 0 Å². The van der Waals surface area contributed by atoms with Crippen LogP contribution in [-0.4, -0.2) is 34.8 Å². The first-order chi connectivity index (χ1) is 8.65. The van der Waals surface area contributed by atoms with Gasteiger partial charge in [0.2, 0.25) is 11.8 Å². The SMILES string of the molecule is CC(C)Oc1ccnc(NC(C)C2CCCO2)n1. The van der Waals surface area contributed by atoms with E-state index in [0.29, 0.717) is 11.8 Å². The number of hydrogen-bond acceptors (Lipinski definition) is 5. The molecule has 2 atom stereocenters. The highest BCUT2D eigenvalue weighted by molar-refractivity contribution is 5.29. The summed E-state index contributed by atoms with van der Waals surface area (Å²) in [5, 5.41) is 3.27. The number of ether oxygens (including phenoxy) is 2. The molecule has 0 radical (unpaired) electrons. The molecule has 1 saturated heterocycles. The third-order valence-corrected chi connectivity index (χ3v) is 2.87. The minimum atomic E-state index is 0.114. The Morgan fingerprint density at radius 3 is 2.94 bits per heavy atom. The zero-order valence-electron chi connectivity index (χ0n) is 11.2. The highest BCUT2D eigenvalue weighted by Gasteiger charge is 2.22. The van der Waals surface area contributed by atoms with E-state index in [4.69, 9.17) is 9.47 Å². The molecule has 1 aromatic rings. The zero-order chi connectivity index (χ0) is 13.0. The van der Waals surface area contributed by atoms with Gasteiger partial charge in [-0.1, -0.05) is 0 Å². The maximum absolute atomic E-state index is 5.63. The molecule has 0 spiro atoms. The fourth-order valence-electron chi connectivity index (χ4n) is 2.01. The second-order valence-corrected chi connectivity index (χ2v) is 4.87. The van der Waals surface area contributed by atoms with Crippen LogP contribution in [0.5, 0.6) is 5.88 Å². The molecule has 18 heavy (non-hydrogen) atoms. The van der Waals surface area contributed by atoms with Gasteiger partial charge in [-0.05, 0) is 33.6 Å². The van der Waals surface area contributed by atoms with Crippen molar-refractivity contribution < 1.29 is 9.47 Å². The van der Waals surface area contributed by atoms with Crippen LogP contribution >= 0.6 is 0 Å². The molecule has 100 valence electrons. The maximum Gasteiger partial charge on any atom is 0.226 e. The molecule has 1 aliphatic rings. The van der Waals surface area contributed by atoms with E-state index < -0.39 is 0 Å². The number of hydrogen-bond donors (Lipinski definition) is 1. The summed E-state index contributed by atoms with van der Waals surface area (Å²) in [4.78, 5) is 8.52. The molecule has 2 heterocycles. The van der Waals surface area contributed by atoms with Gasteiger partial charge in [-0.25, -0.2) is 4.98 Å². The van der Waals surface area contributed by atoms with Crippen LogP contribution in [0.2, 0.25) is 0 Å². The van der Waals surface area contributed by atoms with Crippen molar-refractivity contribution in [3.8, 4) is 5.88 Å². The van der Waals surface area contributed by atoms with Gasteiger partial charge in [0, 0.05) is 18.9 Å². The molecule has 0 aromatic carbocycles. The van der Waals surface area contributed by atoms with Crippen molar-refractivity contribution in [1.82, 2.24) is 9.97 Å². The Morgan fingerprint density at radius 2 is 2.28 bits per heavy atom. The fraction of sp³-hybridized carbons (Fsp3) is 0.692. The van der Waals surface area contributed by atoms with E-state index in [1.807, 2.05) is 13.8 Å². The van der Waals surface area contributed by atoms with Gasteiger partial charge in [-0.3, -0.25) is 0 Å². The lowest BCUT2D eigenvalue weighted by Crippen LogP contribution is -2.30. The lowest BCUT2D eigenvalue weighted by Gasteiger charge is -2.20. The molecule has 1 aliphatic heterocycles. The van der Waals surface area contributed by atoms with Crippen LogP contribution in [0.4, 0.5) is 5.95 Å². The van der Waals surface area contributed by atoms with E-state index >= 15 is 0 Å². The van der Waals surface area contributed by atoms with Crippen LogP contribution in [0.3, 0.4) is 0 Å². The average Bonchev–Trinajstić information content (AvgIpc) is 2.81. The van der Waals surface area contributed by atoms with Crippen molar-refractivity contribution in [1.29, 1.82) is 0 Å². The maximum atomic E-state index is 5.63. The molecular formula is C13H21N3O2. The van der Waals surface area contributed by atoms with E-state index in [1.54, 1.807) is 12.3 Å². The predicted octanol–water partition coefficient (Wildman–Crippen LogP) is 2.24. The van der Waals surface area contributed by atoms with Crippen molar-refractivity contribution in [2.45, 2.75) is 51.9 Å². The quantitative estimate of drug-likeness (QED) is 0.869. The van der Waals surface area contributed by atoms with Crippen molar-refractivity contribution in [3.05, 3.63) is 12.3 Å². The second kappa shape index (κ2) is 6.00. The second-order valence-electron chi connectivity index (χ2n) is 4.87. The number of aromatic nitrogens is 2. The summed E-state index contributed by atoms with van der Waals surface area (Å²) in [6.07, 6.45) is 4.30. The van der Waals surface area contributed by atoms with Crippen LogP contribution < -0.4 is 10.1 Å². The highest BCUT2D eigenvalue weighted by atomic mass is 16.5. The van der Waals surface area contributed by atoms with E-state index in [0.717, 1.165) is 19.4 Å². The number of nitrogens with one attached hydrogen (secondary N) is 1. The summed E-state index contributed by atoms with van der Waals surface area (Å²) in [6.45, 7) is 6.90. The summed E-state index contributed by atoms with van der Waals surface area (Å²) in [6, 6.07) is 1.98. The normalized spacial score (nSPS) is 21.0. The number of anilines is 1. The van der Waals surface area contributed by atoms with Crippen LogP contribution in [0, 0.1) is 0 Å². The summed E-state index contributed by atoms with van der Waals surface area (Å²) in [7, 11) is 0. The molecule has 5 nitrogen and oxygen atoms in total. The van der Waals surface area contributed by atoms with Crippen molar-refractivity contribution in [2.75, 3.05) is 11.9 Å². The van der Waals surface area contributed by atoms with Crippen LogP contribution in [-0.2, 0) is 4.74 Å². The van der Waals surface area contributed by atoms with Gasteiger partial charge in [0.15, 0.2) is 0 Å². The molecular weight excluding hydrogens is 230 g/mol. The average molecular weight is 251 g/mol. The Balaban J connectivity index is 1.95. The predicted molar refractivity (Wildman–Crippen MR) is 69.9 cm³/mol. The summed E-state index contributed by atoms with van der Waals surface area (Å²) >= 11 is 0. The molecule has 2 unspecified atom stereocenters. The van der Waals surface area contributed by atoms with Gasteiger partial charge in [0.05, 0.1) is 18.2 Å². The van der Waals surface area contributed by atoms with Crippen LogP contribution in [0.25, 0.3) is 0 Å². The summed E-state index contributed by atoms with van der Waals surface area (Å²) < 4.78 is 11.2. The van der Waals surface area contributed by atoms with E-state index in [-0.39, 0.29) is 18.2 Å². The molecule has 2 rings (SSSR count). The smallest absolute Gasteiger partial charge is 0.226 e. The van der Waals surface area contributed by atoms with E-state index in [2.05, 4.69) is 22.2 Å². The molecule has 5 heteroatoms. The van der Waals surface area contributed by atoms with E-state index in [1.165, 1.54) is 0 Å². The summed E-state index contributed by atoms with van der Waals surface area (Å²) in [5.41, 5.74) is 0. The Hall–Kier alpha value is -1.36. The van der Waals surface area contributed by atoms with E-state index in [9.17, 15) is 0 Å². The third kappa shape index (κ3) is 3.57. The first-order valence-corrected chi connectivity index (χ1v) is 6.53. The minimum Gasteiger partial charge on any atom is -0.475 e. The summed E-state index contributed by atoms with van der Waals surface area (Å²) in [5.74, 6) is 1.19. The number of rotatable bonds is 5. The largest absolute Gasteiger partial charge is 0.475 e. The third-order valence-electron chi connectivity index (χ3n) is 2.87. The van der Waals surface area contributed by atoms with Gasteiger partial charge >= 0.3 is 0 Å². The first kappa shape index (κ1) is 13.1. The van der Waals surface area contributed by atoms with Crippen molar-refractivity contribution in [2.24, 2.45) is 0 Å². The molecule has 0 amide bonds. The molecule has 1 fully saturated rings. The Bertz CT molecular complexity index is 378. The fourth-order valence-corrected chi connectivity index (χ4v) is 2.01. The van der Waals surface area contributed by atoms with Crippen molar-refractivity contribution in [3.63, 3.8) is 0 Å². The van der Waals surface area contributed by atoms with Crippen LogP contribution in [0.1, 0.15) is 33.6 Å². The topological polar surface area (TPSA) is 56.3 Å². The van der Waals surface area contributed by atoms with Crippen LogP contribution in [0.15, 0.2) is 12.3 Å². The highest BCUT2D eigenvalue weighted by Crippen LogP contribution is 2.18. The standard InChI is InChI=1S/C13H21N3O2/c1-9(2)18-12-6-7-14-13(16-12)15-10(3)11-5-4-8-17-11/h6-7,9-11H,4-5,8H2,1-3H3,(H,14,15,16).